The van der Waals surface area contributed by atoms with E-state index in [0.717, 1.165) is 9.21 Å². The molecule has 6 heteroatoms. The van der Waals surface area contributed by atoms with Gasteiger partial charge >= 0.3 is 0 Å². The molecule has 0 fully saturated rings. The molecule has 0 saturated heterocycles. The maximum Gasteiger partial charge on any atom is 0.232 e. The van der Waals surface area contributed by atoms with Gasteiger partial charge in [0.05, 0.1) is 10.1 Å². The highest BCUT2D eigenvalue weighted by Crippen LogP contribution is 2.22. The Balaban J connectivity index is 2.42. The Morgan fingerprint density at radius 2 is 2.14 bits per heavy atom. The van der Waals surface area contributed by atoms with Gasteiger partial charge < -0.3 is 0 Å². The van der Waals surface area contributed by atoms with Crippen LogP contribution in [-0.4, -0.2) is 14.2 Å². The van der Waals surface area contributed by atoms with Gasteiger partial charge in [-0.3, -0.25) is 0 Å². The van der Waals surface area contributed by atoms with Crippen LogP contribution in [0.1, 0.15) is 11.3 Å². The summed E-state index contributed by atoms with van der Waals surface area (Å²) in [7, 11) is 1.66. The predicted molar refractivity (Wildman–Crippen MR) is 62.6 cm³/mol. The summed E-state index contributed by atoms with van der Waals surface area (Å²) in [6, 6.07) is 3.67. The highest BCUT2D eigenvalue weighted by molar-refractivity contribution is 8.13. The number of hydrogen-bond donors (Lipinski definition) is 0. The fraction of sp³-hybridized carbons (Fsp3) is 0.250. The smallest absolute Gasteiger partial charge is 0.212 e. The lowest BCUT2D eigenvalue weighted by atomic mass is 10.4. The van der Waals surface area contributed by atoms with Crippen molar-refractivity contribution in [2.24, 2.45) is 0 Å². The standard InChI is InChI=1S/C8H8Cl2O2S2/c9-8-5-4-7(13-8)3-1-2-6-14(10,11)12/h1,3-5H,2,6H2/b3-1+. The number of hydrogen-bond acceptors (Lipinski definition) is 3. The largest absolute Gasteiger partial charge is 0.232 e. The average molecular weight is 271 g/mol. The minimum absolute atomic E-state index is 0.0375. The molecule has 0 unspecified atom stereocenters. The van der Waals surface area contributed by atoms with E-state index in [2.05, 4.69) is 0 Å². The van der Waals surface area contributed by atoms with E-state index in [1.165, 1.54) is 11.3 Å². The molecule has 14 heavy (non-hydrogen) atoms. The molecule has 0 aromatic carbocycles. The zero-order valence-electron chi connectivity index (χ0n) is 7.11. The first-order chi connectivity index (χ1) is 6.47. The van der Waals surface area contributed by atoms with E-state index >= 15 is 0 Å². The normalized spacial score (nSPS) is 12.4. The van der Waals surface area contributed by atoms with Gasteiger partial charge in [0.1, 0.15) is 0 Å². The summed E-state index contributed by atoms with van der Waals surface area (Å²) in [5.41, 5.74) is 0. The molecule has 1 aromatic heterocycles. The molecule has 0 aliphatic carbocycles. The van der Waals surface area contributed by atoms with Gasteiger partial charge in [0.2, 0.25) is 9.05 Å². The number of allylic oxidation sites excluding steroid dienone is 1. The Hall–Kier alpha value is -0.0300. The van der Waals surface area contributed by atoms with Crippen LogP contribution in [0, 0.1) is 0 Å². The second-order valence-corrected chi connectivity index (χ2v) is 7.22. The molecule has 0 bridgehead atoms. The van der Waals surface area contributed by atoms with E-state index in [4.69, 9.17) is 22.3 Å². The van der Waals surface area contributed by atoms with Gasteiger partial charge in [0, 0.05) is 15.6 Å². The van der Waals surface area contributed by atoms with Crippen molar-refractivity contribution in [1.82, 2.24) is 0 Å². The Labute approximate surface area is 96.6 Å². The molecule has 78 valence electrons. The molecule has 0 aliphatic heterocycles. The van der Waals surface area contributed by atoms with E-state index in [1.54, 1.807) is 12.1 Å². The van der Waals surface area contributed by atoms with E-state index in [-0.39, 0.29) is 5.75 Å². The van der Waals surface area contributed by atoms with Crippen molar-refractivity contribution in [3.63, 3.8) is 0 Å². The molecular weight excluding hydrogens is 263 g/mol. The van der Waals surface area contributed by atoms with Crippen molar-refractivity contribution >= 4 is 48.7 Å². The topological polar surface area (TPSA) is 34.1 Å². The fourth-order valence-electron chi connectivity index (χ4n) is 0.826. The minimum atomic E-state index is -3.38. The van der Waals surface area contributed by atoms with Crippen LogP contribution in [0.25, 0.3) is 6.08 Å². The quantitative estimate of drug-likeness (QED) is 0.787. The Morgan fingerprint density at radius 1 is 1.43 bits per heavy atom. The van der Waals surface area contributed by atoms with E-state index in [9.17, 15) is 8.42 Å². The van der Waals surface area contributed by atoms with Crippen LogP contribution in [0.5, 0.6) is 0 Å². The number of thiophene rings is 1. The lowest BCUT2D eigenvalue weighted by molar-refractivity contribution is 0.609. The Bertz CT molecular complexity index is 420. The van der Waals surface area contributed by atoms with Crippen molar-refractivity contribution < 1.29 is 8.42 Å². The minimum Gasteiger partial charge on any atom is -0.212 e. The van der Waals surface area contributed by atoms with Crippen LogP contribution < -0.4 is 0 Å². The molecule has 1 heterocycles. The molecule has 1 aromatic rings. The van der Waals surface area contributed by atoms with Crippen LogP contribution in [0.3, 0.4) is 0 Å². The summed E-state index contributed by atoms with van der Waals surface area (Å²) in [6.45, 7) is 0. The van der Waals surface area contributed by atoms with Gasteiger partial charge in [-0.15, -0.1) is 11.3 Å². The average Bonchev–Trinajstić information content (AvgIpc) is 2.44. The monoisotopic (exact) mass is 270 g/mol. The zero-order valence-corrected chi connectivity index (χ0v) is 10.3. The lowest BCUT2D eigenvalue weighted by Crippen LogP contribution is -1.94. The third kappa shape index (κ3) is 5.00. The summed E-state index contributed by atoms with van der Waals surface area (Å²) in [6.07, 6.45) is 4.02. The van der Waals surface area contributed by atoms with Crippen molar-refractivity contribution in [2.45, 2.75) is 6.42 Å². The van der Waals surface area contributed by atoms with Crippen molar-refractivity contribution in [3.05, 3.63) is 27.4 Å². The first-order valence-electron chi connectivity index (χ1n) is 3.81. The zero-order chi connectivity index (χ0) is 10.6. The first kappa shape index (κ1) is 12.0. The molecular formula is C8H8Cl2O2S2. The summed E-state index contributed by atoms with van der Waals surface area (Å²) in [5.74, 6) is -0.0375. The molecule has 0 aliphatic rings. The van der Waals surface area contributed by atoms with Gasteiger partial charge in [0.15, 0.2) is 0 Å². The van der Waals surface area contributed by atoms with E-state index in [0.29, 0.717) is 6.42 Å². The first-order valence-corrected chi connectivity index (χ1v) is 7.49. The number of halogens is 2. The van der Waals surface area contributed by atoms with Gasteiger partial charge in [-0.2, -0.15) is 0 Å². The maximum absolute atomic E-state index is 10.6. The second kappa shape index (κ2) is 5.16. The van der Waals surface area contributed by atoms with Gasteiger partial charge in [0.25, 0.3) is 0 Å². The maximum atomic E-state index is 10.6. The van der Waals surface area contributed by atoms with Gasteiger partial charge in [-0.05, 0) is 24.6 Å². The van der Waals surface area contributed by atoms with E-state index in [1.807, 2.05) is 12.1 Å². The third-order valence-corrected chi connectivity index (χ3v) is 3.79. The van der Waals surface area contributed by atoms with Crippen LogP contribution >= 0.6 is 33.6 Å². The van der Waals surface area contributed by atoms with Crippen molar-refractivity contribution in [1.29, 1.82) is 0 Å². The molecule has 0 spiro atoms. The SMILES string of the molecule is O=S(=O)(Cl)CC/C=C/c1ccc(Cl)s1. The summed E-state index contributed by atoms with van der Waals surface area (Å²) in [4.78, 5) is 1.00. The summed E-state index contributed by atoms with van der Waals surface area (Å²) < 4.78 is 21.8. The second-order valence-electron chi connectivity index (χ2n) is 2.58. The van der Waals surface area contributed by atoms with Crippen LogP contribution in [-0.2, 0) is 9.05 Å². The van der Waals surface area contributed by atoms with E-state index < -0.39 is 9.05 Å². The summed E-state index contributed by atoms with van der Waals surface area (Å²) in [5, 5.41) is 0. The molecule has 1 rings (SSSR count). The van der Waals surface area contributed by atoms with Crippen LogP contribution in [0.4, 0.5) is 0 Å². The Kier molecular flexibility index (Phi) is 4.44. The highest BCUT2D eigenvalue weighted by Gasteiger charge is 2.01. The fourth-order valence-corrected chi connectivity index (χ4v) is 2.50. The van der Waals surface area contributed by atoms with Crippen LogP contribution in [0.2, 0.25) is 4.34 Å². The highest BCUT2D eigenvalue weighted by atomic mass is 35.7. The van der Waals surface area contributed by atoms with Crippen LogP contribution in [0.15, 0.2) is 18.2 Å². The summed E-state index contributed by atoms with van der Waals surface area (Å²) >= 11 is 7.16. The Morgan fingerprint density at radius 3 is 2.64 bits per heavy atom. The molecule has 0 atom stereocenters. The van der Waals surface area contributed by atoms with Crippen molar-refractivity contribution in [3.8, 4) is 0 Å². The number of rotatable bonds is 4. The van der Waals surface area contributed by atoms with Gasteiger partial charge in [-0.25, -0.2) is 8.42 Å². The lowest BCUT2D eigenvalue weighted by Gasteiger charge is -1.88. The molecule has 0 radical (unpaired) electrons. The third-order valence-electron chi connectivity index (χ3n) is 1.40. The molecule has 0 amide bonds. The predicted octanol–water partition coefficient (Wildman–Crippen LogP) is 3.37. The van der Waals surface area contributed by atoms with Gasteiger partial charge in [-0.1, -0.05) is 17.7 Å². The molecule has 2 nitrogen and oxygen atoms in total. The molecule has 0 N–H and O–H groups in total. The molecule has 0 saturated carbocycles. The van der Waals surface area contributed by atoms with Crippen molar-refractivity contribution in [2.75, 3.05) is 5.75 Å².